The minimum Gasteiger partial charge on any atom is -0.497 e. The zero-order valence-corrected chi connectivity index (χ0v) is 12.4. The molecule has 2 aromatic carbocycles. The van der Waals surface area contributed by atoms with Crippen molar-refractivity contribution in [2.75, 3.05) is 19.0 Å². The molecule has 0 aliphatic carbocycles. The van der Waals surface area contributed by atoms with Gasteiger partial charge in [0.1, 0.15) is 11.6 Å². The van der Waals surface area contributed by atoms with Crippen molar-refractivity contribution in [1.29, 1.82) is 0 Å². The van der Waals surface area contributed by atoms with E-state index in [-0.39, 0.29) is 11.1 Å². The summed E-state index contributed by atoms with van der Waals surface area (Å²) in [5.74, 6) is 0.296. The normalized spacial score (nSPS) is 17.4. The number of ether oxygens (including phenoxy) is 1. The lowest BCUT2D eigenvalue weighted by Gasteiger charge is -2.10. The van der Waals surface area contributed by atoms with Gasteiger partial charge < -0.3 is 10.1 Å². The molecular weight excluding hydrogens is 287 g/mol. The van der Waals surface area contributed by atoms with E-state index < -0.39 is 0 Å². The predicted molar refractivity (Wildman–Crippen MR) is 85.7 cm³/mol. The van der Waals surface area contributed by atoms with Crippen LogP contribution >= 0.6 is 11.8 Å². The minimum absolute atomic E-state index is 0.280. The van der Waals surface area contributed by atoms with Crippen LogP contribution in [0.25, 0.3) is 0 Å². The Morgan fingerprint density at radius 3 is 2.81 bits per heavy atom. The van der Waals surface area contributed by atoms with Gasteiger partial charge in [-0.2, -0.15) is 0 Å². The molecule has 0 amide bonds. The summed E-state index contributed by atoms with van der Waals surface area (Å²) in [6, 6.07) is 14.8. The number of nitrogens with zero attached hydrogens (tertiary/aromatic N) is 1. The van der Waals surface area contributed by atoms with Crippen molar-refractivity contribution >= 4 is 22.6 Å². The van der Waals surface area contributed by atoms with Gasteiger partial charge in [-0.1, -0.05) is 42.1 Å². The van der Waals surface area contributed by atoms with Gasteiger partial charge in [-0.25, -0.2) is 4.39 Å². The summed E-state index contributed by atoms with van der Waals surface area (Å²) in [5, 5.41) is 4.05. The van der Waals surface area contributed by atoms with E-state index >= 15 is 0 Å². The number of methoxy groups -OCH3 is 1. The van der Waals surface area contributed by atoms with Gasteiger partial charge in [0.2, 0.25) is 0 Å². The molecule has 0 saturated carbocycles. The Morgan fingerprint density at radius 2 is 2.05 bits per heavy atom. The molecule has 1 unspecified atom stereocenters. The second-order valence-electron chi connectivity index (χ2n) is 4.63. The van der Waals surface area contributed by atoms with Crippen LogP contribution in [0.5, 0.6) is 5.75 Å². The molecule has 1 heterocycles. The van der Waals surface area contributed by atoms with Gasteiger partial charge in [0.15, 0.2) is 5.17 Å². The molecule has 1 atom stereocenters. The maximum Gasteiger partial charge on any atom is 0.161 e. The number of rotatable bonds is 3. The number of aliphatic imine (C=N–C) groups is 1. The highest BCUT2D eigenvalue weighted by Gasteiger charge is 2.21. The van der Waals surface area contributed by atoms with E-state index in [4.69, 9.17) is 4.74 Å². The molecule has 0 spiro atoms. The number of nitrogens with one attached hydrogen (secondary N) is 1. The van der Waals surface area contributed by atoms with E-state index in [0.29, 0.717) is 18.0 Å². The first-order valence-electron chi connectivity index (χ1n) is 6.63. The van der Waals surface area contributed by atoms with Crippen LogP contribution in [-0.4, -0.2) is 18.8 Å². The van der Waals surface area contributed by atoms with Crippen LogP contribution in [-0.2, 0) is 0 Å². The van der Waals surface area contributed by atoms with Crippen LogP contribution in [0.4, 0.5) is 10.1 Å². The maximum absolute atomic E-state index is 13.8. The van der Waals surface area contributed by atoms with Gasteiger partial charge in [0.05, 0.1) is 24.6 Å². The highest BCUT2D eigenvalue weighted by atomic mass is 32.2. The zero-order chi connectivity index (χ0) is 14.7. The van der Waals surface area contributed by atoms with Crippen molar-refractivity contribution < 1.29 is 9.13 Å². The van der Waals surface area contributed by atoms with E-state index in [1.54, 1.807) is 31.0 Å². The monoisotopic (exact) mass is 302 g/mol. The van der Waals surface area contributed by atoms with Crippen LogP contribution in [0, 0.1) is 5.82 Å². The molecule has 21 heavy (non-hydrogen) atoms. The molecule has 0 fully saturated rings. The number of benzene rings is 2. The summed E-state index contributed by atoms with van der Waals surface area (Å²) in [5.41, 5.74) is 1.61. The largest absolute Gasteiger partial charge is 0.497 e. The Hall–Kier alpha value is -2.01. The fourth-order valence-electron chi connectivity index (χ4n) is 2.13. The van der Waals surface area contributed by atoms with Crippen LogP contribution in [0.3, 0.4) is 0 Å². The second kappa shape index (κ2) is 6.18. The first kappa shape index (κ1) is 13.9. The maximum atomic E-state index is 13.8. The quantitative estimate of drug-likeness (QED) is 0.927. The van der Waals surface area contributed by atoms with Gasteiger partial charge in [-0.15, -0.1) is 0 Å². The Kier molecular flexibility index (Phi) is 4.10. The first-order chi connectivity index (χ1) is 10.3. The number of halogens is 1. The lowest BCUT2D eigenvalue weighted by molar-refractivity contribution is 0.414. The van der Waals surface area contributed by atoms with Gasteiger partial charge in [-0.3, -0.25) is 4.99 Å². The third-order valence-electron chi connectivity index (χ3n) is 3.24. The van der Waals surface area contributed by atoms with Crippen molar-refractivity contribution in [2.45, 2.75) is 5.25 Å². The van der Waals surface area contributed by atoms with Crippen molar-refractivity contribution in [3.05, 3.63) is 59.9 Å². The van der Waals surface area contributed by atoms with E-state index in [9.17, 15) is 4.39 Å². The van der Waals surface area contributed by atoms with E-state index in [2.05, 4.69) is 22.4 Å². The van der Waals surface area contributed by atoms with Crippen molar-refractivity contribution in [2.24, 2.45) is 4.99 Å². The third-order valence-corrected chi connectivity index (χ3v) is 4.40. The molecule has 1 aliphatic rings. The summed E-state index contributed by atoms with van der Waals surface area (Å²) in [7, 11) is 1.56. The average molecular weight is 302 g/mol. The number of thioether (sulfide) groups is 1. The molecule has 3 rings (SSSR count). The van der Waals surface area contributed by atoms with Crippen molar-refractivity contribution in [3.8, 4) is 5.75 Å². The molecule has 3 nitrogen and oxygen atoms in total. The summed E-state index contributed by atoms with van der Waals surface area (Å²) >= 11 is 1.61. The van der Waals surface area contributed by atoms with Gasteiger partial charge in [-0.05, 0) is 17.7 Å². The Balaban J connectivity index is 1.70. The lowest BCUT2D eigenvalue weighted by atomic mass is 10.1. The standard InChI is InChI=1S/C16H15FN2OS/c1-20-12-7-8-13(17)14(9-12)19-16-18-10-15(21-16)11-5-3-2-4-6-11/h2-9,15H,10H2,1H3,(H,18,19). The number of hydrogen-bond donors (Lipinski definition) is 1. The van der Waals surface area contributed by atoms with Gasteiger partial charge in [0.25, 0.3) is 0 Å². The molecule has 0 bridgehead atoms. The smallest absolute Gasteiger partial charge is 0.161 e. The molecule has 2 aromatic rings. The molecule has 1 N–H and O–H groups in total. The molecule has 0 aromatic heterocycles. The highest BCUT2D eigenvalue weighted by molar-refractivity contribution is 8.14. The van der Waals surface area contributed by atoms with Gasteiger partial charge >= 0.3 is 0 Å². The molecule has 108 valence electrons. The van der Waals surface area contributed by atoms with E-state index in [1.807, 2.05) is 18.2 Å². The summed E-state index contributed by atoms with van der Waals surface area (Å²) in [6.45, 7) is 0.697. The van der Waals surface area contributed by atoms with Gasteiger partial charge in [0, 0.05) is 6.07 Å². The first-order valence-corrected chi connectivity index (χ1v) is 7.51. The predicted octanol–water partition coefficient (Wildman–Crippen LogP) is 4.09. The molecule has 1 aliphatic heterocycles. The van der Waals surface area contributed by atoms with Crippen molar-refractivity contribution in [3.63, 3.8) is 0 Å². The summed E-state index contributed by atoms with van der Waals surface area (Å²) < 4.78 is 18.9. The highest BCUT2D eigenvalue weighted by Crippen LogP contribution is 2.35. The number of amidine groups is 1. The van der Waals surface area contributed by atoms with E-state index in [1.165, 1.54) is 11.6 Å². The summed E-state index contributed by atoms with van der Waals surface area (Å²) in [4.78, 5) is 4.45. The minimum atomic E-state index is -0.317. The topological polar surface area (TPSA) is 33.6 Å². The zero-order valence-electron chi connectivity index (χ0n) is 11.5. The van der Waals surface area contributed by atoms with Crippen molar-refractivity contribution in [1.82, 2.24) is 0 Å². The van der Waals surface area contributed by atoms with E-state index in [0.717, 1.165) is 5.17 Å². The number of hydrogen-bond acceptors (Lipinski definition) is 4. The fraction of sp³-hybridized carbons (Fsp3) is 0.188. The molecule has 5 heteroatoms. The molecule has 0 radical (unpaired) electrons. The fourth-order valence-corrected chi connectivity index (χ4v) is 3.16. The third kappa shape index (κ3) is 3.19. The Bertz CT molecular complexity index is 661. The summed E-state index contributed by atoms with van der Waals surface area (Å²) in [6.07, 6.45) is 0. The lowest BCUT2D eigenvalue weighted by Crippen LogP contribution is -2.07. The molecule has 0 saturated heterocycles. The second-order valence-corrected chi connectivity index (χ2v) is 5.83. The average Bonchev–Trinajstić information content (AvgIpc) is 2.99. The SMILES string of the molecule is COc1ccc(F)c(NC2=NCC(c3ccccc3)S2)c1. The Labute approximate surface area is 127 Å². The van der Waals surface area contributed by atoms with Crippen LogP contribution in [0.15, 0.2) is 53.5 Å². The van der Waals surface area contributed by atoms with Crippen LogP contribution in [0.1, 0.15) is 10.8 Å². The Morgan fingerprint density at radius 1 is 1.24 bits per heavy atom. The number of anilines is 1. The van der Waals surface area contributed by atoms with Crippen LogP contribution < -0.4 is 10.1 Å². The van der Waals surface area contributed by atoms with Crippen LogP contribution in [0.2, 0.25) is 0 Å². The molecular formula is C16H15FN2OS.